The van der Waals surface area contributed by atoms with Crippen molar-refractivity contribution in [2.24, 2.45) is 0 Å². The van der Waals surface area contributed by atoms with Gasteiger partial charge in [0.2, 0.25) is 5.91 Å². The number of carbonyl (C=O) groups excluding carboxylic acids is 3. The molecule has 3 aromatic rings. The van der Waals surface area contributed by atoms with Crippen LogP contribution in [0.15, 0.2) is 73.1 Å². The number of fused-ring (bicyclic) bond motifs is 1. The summed E-state index contributed by atoms with van der Waals surface area (Å²) in [5, 5.41) is 12.0. The number of carboxylic acids is 1. The lowest BCUT2D eigenvalue weighted by molar-refractivity contribution is -0.138. The second-order valence-electron chi connectivity index (χ2n) is 7.79. The Morgan fingerprint density at radius 1 is 0.970 bits per heavy atom. The second kappa shape index (κ2) is 9.04. The van der Waals surface area contributed by atoms with E-state index in [1.807, 2.05) is 30.3 Å². The van der Waals surface area contributed by atoms with Gasteiger partial charge >= 0.3 is 5.97 Å². The molecule has 2 atom stereocenters. The van der Waals surface area contributed by atoms with Crippen LogP contribution in [-0.4, -0.2) is 44.7 Å². The van der Waals surface area contributed by atoms with Gasteiger partial charge < -0.3 is 10.4 Å². The fourth-order valence-electron chi connectivity index (χ4n) is 3.76. The molecule has 4 rings (SSSR count). The van der Waals surface area contributed by atoms with Gasteiger partial charge in [-0.3, -0.25) is 29.1 Å². The standard InChI is InChI=1S/C25H21N3O5/c1-15(25(32)33)17-12-18(14-26-13-17)27-22(29)21(11-16-7-3-2-4-8-16)28-23(30)19-9-5-6-10-20(19)24(28)31/h2-10,12-15,21H,11H2,1H3,(H,27,29)(H,32,33). The number of amides is 3. The molecule has 2 aromatic carbocycles. The molecule has 1 aliphatic rings. The third-order valence-electron chi connectivity index (χ3n) is 5.61. The molecule has 1 aromatic heterocycles. The Balaban J connectivity index is 1.65. The van der Waals surface area contributed by atoms with Crippen LogP contribution in [0.4, 0.5) is 5.69 Å². The second-order valence-corrected chi connectivity index (χ2v) is 7.79. The molecule has 166 valence electrons. The van der Waals surface area contributed by atoms with Crippen molar-refractivity contribution < 1.29 is 24.3 Å². The van der Waals surface area contributed by atoms with Gasteiger partial charge in [0, 0.05) is 12.6 Å². The number of carbonyl (C=O) groups is 4. The quantitative estimate of drug-likeness (QED) is 0.542. The molecular weight excluding hydrogens is 422 g/mol. The molecule has 8 nitrogen and oxygen atoms in total. The van der Waals surface area contributed by atoms with E-state index in [-0.39, 0.29) is 23.2 Å². The first-order valence-corrected chi connectivity index (χ1v) is 10.4. The number of aromatic nitrogens is 1. The molecule has 0 aliphatic carbocycles. The van der Waals surface area contributed by atoms with Crippen LogP contribution in [0.2, 0.25) is 0 Å². The first-order chi connectivity index (χ1) is 15.9. The number of nitrogens with one attached hydrogen (secondary N) is 1. The summed E-state index contributed by atoms with van der Waals surface area (Å²) in [6.45, 7) is 1.52. The smallest absolute Gasteiger partial charge is 0.310 e. The Kier molecular flexibility index (Phi) is 5.99. The predicted molar refractivity (Wildman–Crippen MR) is 120 cm³/mol. The Morgan fingerprint density at radius 3 is 2.18 bits per heavy atom. The Morgan fingerprint density at radius 2 is 1.58 bits per heavy atom. The van der Waals surface area contributed by atoms with Crippen LogP contribution < -0.4 is 5.32 Å². The van der Waals surface area contributed by atoms with Crippen LogP contribution in [-0.2, 0) is 16.0 Å². The maximum atomic E-state index is 13.4. The van der Waals surface area contributed by atoms with Gasteiger partial charge in [0.05, 0.1) is 28.9 Å². The zero-order chi connectivity index (χ0) is 23.5. The van der Waals surface area contributed by atoms with E-state index in [1.54, 1.807) is 24.3 Å². The first kappa shape index (κ1) is 21.9. The normalized spacial score (nSPS) is 14.5. The summed E-state index contributed by atoms with van der Waals surface area (Å²) >= 11 is 0. The number of anilines is 1. The van der Waals surface area contributed by atoms with E-state index >= 15 is 0 Å². The van der Waals surface area contributed by atoms with Gasteiger partial charge in [0.25, 0.3) is 11.8 Å². The van der Waals surface area contributed by atoms with Gasteiger partial charge in [-0.25, -0.2) is 0 Å². The van der Waals surface area contributed by atoms with Crippen LogP contribution in [0, 0.1) is 0 Å². The Labute approximate surface area is 189 Å². The minimum atomic E-state index is -1.11. The minimum absolute atomic E-state index is 0.122. The number of pyridine rings is 1. The van der Waals surface area contributed by atoms with Crippen molar-refractivity contribution in [3.05, 3.63) is 95.3 Å². The van der Waals surface area contributed by atoms with Crippen molar-refractivity contribution in [2.45, 2.75) is 25.3 Å². The minimum Gasteiger partial charge on any atom is -0.481 e. The van der Waals surface area contributed by atoms with E-state index < -0.39 is 35.7 Å². The van der Waals surface area contributed by atoms with E-state index in [0.29, 0.717) is 5.56 Å². The van der Waals surface area contributed by atoms with Gasteiger partial charge in [0.1, 0.15) is 6.04 Å². The fraction of sp³-hybridized carbons (Fsp3) is 0.160. The fourth-order valence-corrected chi connectivity index (χ4v) is 3.76. The summed E-state index contributed by atoms with van der Waals surface area (Å²) < 4.78 is 0. The molecular formula is C25H21N3O5. The molecule has 0 saturated heterocycles. The van der Waals surface area contributed by atoms with E-state index in [9.17, 15) is 24.3 Å². The van der Waals surface area contributed by atoms with Crippen molar-refractivity contribution in [3.8, 4) is 0 Å². The third-order valence-corrected chi connectivity index (χ3v) is 5.61. The maximum Gasteiger partial charge on any atom is 0.310 e. The van der Waals surface area contributed by atoms with Crippen LogP contribution in [0.5, 0.6) is 0 Å². The Bertz CT molecular complexity index is 1210. The highest BCUT2D eigenvalue weighted by Crippen LogP contribution is 2.27. The average Bonchev–Trinajstić information content (AvgIpc) is 3.08. The largest absolute Gasteiger partial charge is 0.481 e. The van der Waals surface area contributed by atoms with Crippen molar-refractivity contribution >= 4 is 29.4 Å². The third kappa shape index (κ3) is 4.36. The van der Waals surface area contributed by atoms with Crippen molar-refractivity contribution in [3.63, 3.8) is 0 Å². The number of imide groups is 1. The molecule has 0 spiro atoms. The number of nitrogens with zero attached hydrogens (tertiary/aromatic N) is 2. The predicted octanol–water partition coefficient (Wildman–Crippen LogP) is 3.12. The highest BCUT2D eigenvalue weighted by molar-refractivity contribution is 6.23. The molecule has 0 bridgehead atoms. The van der Waals surface area contributed by atoms with Crippen molar-refractivity contribution in [1.82, 2.24) is 9.88 Å². The van der Waals surface area contributed by atoms with E-state index in [1.165, 1.54) is 25.4 Å². The van der Waals surface area contributed by atoms with Gasteiger partial charge in [0.15, 0.2) is 0 Å². The summed E-state index contributed by atoms with van der Waals surface area (Å²) in [6.07, 6.45) is 2.93. The number of rotatable bonds is 7. The number of carboxylic acid groups (broad SMARTS) is 1. The lowest BCUT2D eigenvalue weighted by Gasteiger charge is -2.25. The monoisotopic (exact) mass is 443 g/mol. The summed E-state index contributed by atoms with van der Waals surface area (Å²) in [5.41, 5.74) is 1.99. The molecule has 0 saturated carbocycles. The van der Waals surface area contributed by atoms with Crippen molar-refractivity contribution in [1.29, 1.82) is 0 Å². The van der Waals surface area contributed by atoms with E-state index in [2.05, 4.69) is 10.3 Å². The SMILES string of the molecule is CC(C(=O)O)c1cncc(NC(=O)C(Cc2ccccc2)N2C(=O)c3ccccc3C2=O)c1. The Hall–Kier alpha value is -4.33. The zero-order valence-electron chi connectivity index (χ0n) is 17.8. The molecule has 2 N–H and O–H groups in total. The van der Waals surface area contributed by atoms with Crippen molar-refractivity contribution in [2.75, 3.05) is 5.32 Å². The topological polar surface area (TPSA) is 117 Å². The summed E-state index contributed by atoms with van der Waals surface area (Å²) in [6, 6.07) is 16.0. The van der Waals surface area contributed by atoms with Crippen LogP contribution in [0.25, 0.3) is 0 Å². The number of hydrogen-bond donors (Lipinski definition) is 2. The maximum absolute atomic E-state index is 13.4. The molecule has 0 fully saturated rings. The van der Waals surface area contributed by atoms with Crippen LogP contribution in [0.3, 0.4) is 0 Å². The summed E-state index contributed by atoms with van der Waals surface area (Å²) in [4.78, 5) is 55.8. The molecule has 8 heteroatoms. The number of aliphatic carboxylic acids is 1. The number of benzene rings is 2. The van der Waals surface area contributed by atoms with Gasteiger partial charge in [-0.15, -0.1) is 0 Å². The highest BCUT2D eigenvalue weighted by atomic mass is 16.4. The molecule has 0 radical (unpaired) electrons. The van der Waals surface area contributed by atoms with E-state index in [4.69, 9.17) is 0 Å². The molecule has 1 aliphatic heterocycles. The molecule has 2 unspecified atom stereocenters. The molecule has 2 heterocycles. The summed E-state index contributed by atoms with van der Waals surface area (Å²) in [5.74, 6) is -3.47. The van der Waals surface area contributed by atoms with Crippen LogP contribution >= 0.6 is 0 Å². The summed E-state index contributed by atoms with van der Waals surface area (Å²) in [7, 11) is 0. The lowest BCUT2D eigenvalue weighted by Crippen LogP contribution is -2.48. The van der Waals surface area contributed by atoms with Gasteiger partial charge in [-0.1, -0.05) is 42.5 Å². The van der Waals surface area contributed by atoms with Gasteiger partial charge in [-0.2, -0.15) is 0 Å². The van der Waals surface area contributed by atoms with Gasteiger partial charge in [-0.05, 0) is 36.2 Å². The van der Waals surface area contributed by atoms with E-state index in [0.717, 1.165) is 10.5 Å². The lowest BCUT2D eigenvalue weighted by atomic mass is 10.0. The highest BCUT2D eigenvalue weighted by Gasteiger charge is 2.42. The zero-order valence-corrected chi connectivity index (χ0v) is 17.8. The van der Waals surface area contributed by atoms with Crippen LogP contribution in [0.1, 0.15) is 44.7 Å². The number of hydrogen-bond acceptors (Lipinski definition) is 5. The first-order valence-electron chi connectivity index (χ1n) is 10.4. The average molecular weight is 443 g/mol. The molecule has 3 amide bonds. The molecule has 33 heavy (non-hydrogen) atoms.